The Morgan fingerprint density at radius 2 is 1.40 bits per heavy atom. The van der Waals surface area contributed by atoms with Gasteiger partial charge in [-0.15, -0.1) is 0 Å². The summed E-state index contributed by atoms with van der Waals surface area (Å²) in [6.07, 6.45) is 8.11. The third-order valence-corrected chi connectivity index (χ3v) is 5.47. The Kier molecular flexibility index (Phi) is 9.06. The van der Waals surface area contributed by atoms with Crippen molar-refractivity contribution in [3.63, 3.8) is 0 Å². The van der Waals surface area contributed by atoms with Crippen LogP contribution in [-0.2, 0) is 9.59 Å². The number of ketones is 2. The van der Waals surface area contributed by atoms with Crippen molar-refractivity contribution in [2.24, 2.45) is 0 Å². The average Bonchev–Trinajstić information content (AvgIpc) is 2.88. The number of phenols is 1. The molecular formula is C27H29NO7. The maximum atomic E-state index is 12.4. The summed E-state index contributed by atoms with van der Waals surface area (Å²) in [5.41, 5.74) is 1.32. The topological polar surface area (TPSA) is 102 Å². The van der Waals surface area contributed by atoms with Gasteiger partial charge in [0.15, 0.2) is 34.6 Å². The van der Waals surface area contributed by atoms with E-state index in [0.717, 1.165) is 19.3 Å². The number of carbonyl (C=O) groups excluding carboxylic acids is 3. The lowest BCUT2D eigenvalue weighted by Crippen LogP contribution is -2.37. The minimum Gasteiger partial charge on any atom is -0.504 e. The molecular weight excluding hydrogens is 450 g/mol. The van der Waals surface area contributed by atoms with Gasteiger partial charge >= 0.3 is 6.09 Å². The number of nitrogens with zero attached hydrogens (tertiary/aromatic N) is 1. The third kappa shape index (κ3) is 7.46. The van der Waals surface area contributed by atoms with Gasteiger partial charge in [0.05, 0.1) is 20.6 Å². The summed E-state index contributed by atoms with van der Waals surface area (Å²) in [6.45, 7) is 1.36. The van der Waals surface area contributed by atoms with Gasteiger partial charge in [0.25, 0.3) is 0 Å². The van der Waals surface area contributed by atoms with Gasteiger partial charge in [-0.25, -0.2) is 4.79 Å². The van der Waals surface area contributed by atoms with Crippen molar-refractivity contribution >= 4 is 29.8 Å². The van der Waals surface area contributed by atoms with E-state index in [1.165, 1.54) is 32.4 Å². The molecule has 0 aliphatic carbocycles. The quantitative estimate of drug-likeness (QED) is 0.413. The second kappa shape index (κ2) is 12.4. The van der Waals surface area contributed by atoms with E-state index in [2.05, 4.69) is 0 Å². The molecule has 0 radical (unpaired) electrons. The van der Waals surface area contributed by atoms with Crippen LogP contribution in [0.15, 0.2) is 48.6 Å². The number of methoxy groups -OCH3 is 2. The molecule has 0 spiro atoms. The number of aromatic hydroxyl groups is 1. The van der Waals surface area contributed by atoms with E-state index in [1.54, 1.807) is 47.4 Å². The predicted octanol–water partition coefficient (Wildman–Crippen LogP) is 4.65. The first-order valence-electron chi connectivity index (χ1n) is 11.3. The van der Waals surface area contributed by atoms with E-state index >= 15 is 0 Å². The van der Waals surface area contributed by atoms with Crippen LogP contribution < -0.4 is 14.2 Å². The van der Waals surface area contributed by atoms with Gasteiger partial charge in [0, 0.05) is 13.1 Å². The van der Waals surface area contributed by atoms with Gasteiger partial charge in [-0.1, -0.05) is 24.3 Å². The normalized spacial score (nSPS) is 13.7. The lowest BCUT2D eigenvalue weighted by molar-refractivity contribution is -0.121. The molecule has 0 unspecified atom stereocenters. The van der Waals surface area contributed by atoms with Gasteiger partial charge in [0.1, 0.15) is 0 Å². The van der Waals surface area contributed by atoms with E-state index in [1.807, 2.05) is 0 Å². The maximum absolute atomic E-state index is 12.4. The van der Waals surface area contributed by atoms with Gasteiger partial charge in [-0.2, -0.15) is 0 Å². The van der Waals surface area contributed by atoms with Crippen molar-refractivity contribution in [3.8, 4) is 23.0 Å². The Balaban J connectivity index is 1.56. The SMILES string of the molecule is COc1cc(/C=C/C(=O)CC(=O)/C=C/c2ccc(OC(=O)N3CCCCC3)c(OC)c2)ccc1O. The van der Waals surface area contributed by atoms with Crippen LogP contribution in [0.4, 0.5) is 4.79 Å². The molecule has 0 atom stereocenters. The van der Waals surface area contributed by atoms with Crippen LogP contribution in [0.2, 0.25) is 0 Å². The zero-order valence-corrected chi connectivity index (χ0v) is 19.9. The molecule has 1 fully saturated rings. The number of hydrogen-bond donors (Lipinski definition) is 1. The fourth-order valence-corrected chi connectivity index (χ4v) is 3.57. The Morgan fingerprint density at radius 3 is 2.00 bits per heavy atom. The van der Waals surface area contributed by atoms with Crippen LogP contribution >= 0.6 is 0 Å². The highest BCUT2D eigenvalue weighted by Crippen LogP contribution is 2.30. The second-order valence-electron chi connectivity index (χ2n) is 8.03. The number of likely N-dealkylation sites (tertiary alicyclic amines) is 1. The summed E-state index contributed by atoms with van der Waals surface area (Å²) < 4.78 is 15.9. The highest BCUT2D eigenvalue weighted by molar-refractivity contribution is 6.10. The fraction of sp³-hybridized carbons (Fsp3) is 0.296. The summed E-state index contributed by atoms with van der Waals surface area (Å²) >= 11 is 0. The Morgan fingerprint density at radius 1 is 0.829 bits per heavy atom. The van der Waals surface area contributed by atoms with Crippen LogP contribution in [0, 0.1) is 0 Å². The predicted molar refractivity (Wildman–Crippen MR) is 132 cm³/mol. The van der Waals surface area contributed by atoms with Gasteiger partial charge in [0.2, 0.25) is 0 Å². The molecule has 2 aromatic carbocycles. The monoisotopic (exact) mass is 479 g/mol. The van der Waals surface area contributed by atoms with E-state index in [4.69, 9.17) is 14.2 Å². The zero-order valence-electron chi connectivity index (χ0n) is 19.9. The maximum Gasteiger partial charge on any atom is 0.415 e. The number of phenolic OH excluding ortho intramolecular Hbond substituents is 1. The smallest absolute Gasteiger partial charge is 0.415 e. The van der Waals surface area contributed by atoms with Crippen molar-refractivity contribution in [2.45, 2.75) is 25.7 Å². The van der Waals surface area contributed by atoms with Crippen LogP contribution in [-0.4, -0.2) is 55.0 Å². The molecule has 1 aliphatic rings. The van der Waals surface area contributed by atoms with E-state index in [0.29, 0.717) is 41.5 Å². The first-order valence-corrected chi connectivity index (χ1v) is 11.3. The first kappa shape index (κ1) is 25.6. The molecule has 1 heterocycles. The molecule has 184 valence electrons. The standard InChI is InChI=1S/C27H29NO7/c1-33-25-16-19(8-12-23(25)31)6-10-21(29)18-22(30)11-7-20-9-13-24(26(17-20)34-2)35-27(32)28-14-4-3-5-15-28/h6-13,16-17,31H,3-5,14-15,18H2,1-2H3/b10-6+,11-7+. The molecule has 8 nitrogen and oxygen atoms in total. The summed E-state index contributed by atoms with van der Waals surface area (Å²) in [6, 6.07) is 9.65. The van der Waals surface area contributed by atoms with Crippen molar-refractivity contribution in [1.29, 1.82) is 0 Å². The molecule has 0 bridgehead atoms. The van der Waals surface area contributed by atoms with Gasteiger partial charge in [-0.3, -0.25) is 9.59 Å². The largest absolute Gasteiger partial charge is 0.504 e. The molecule has 1 N–H and O–H groups in total. The average molecular weight is 480 g/mol. The Hall–Kier alpha value is -4.07. The second-order valence-corrected chi connectivity index (χ2v) is 8.03. The van der Waals surface area contributed by atoms with Crippen molar-refractivity contribution in [2.75, 3.05) is 27.3 Å². The zero-order chi connectivity index (χ0) is 25.2. The number of benzene rings is 2. The number of rotatable bonds is 9. The van der Waals surface area contributed by atoms with Crippen LogP contribution in [0.5, 0.6) is 23.0 Å². The third-order valence-electron chi connectivity index (χ3n) is 5.47. The molecule has 2 aromatic rings. The molecule has 3 rings (SSSR count). The minimum atomic E-state index is -0.404. The van der Waals surface area contributed by atoms with E-state index in [9.17, 15) is 19.5 Å². The Labute approximate surface area is 204 Å². The molecule has 1 saturated heterocycles. The number of hydrogen-bond acceptors (Lipinski definition) is 7. The van der Waals surface area contributed by atoms with Crippen molar-refractivity contribution in [1.82, 2.24) is 4.90 Å². The van der Waals surface area contributed by atoms with Crippen LogP contribution in [0.1, 0.15) is 36.8 Å². The summed E-state index contributed by atoms with van der Waals surface area (Å²) in [4.78, 5) is 38.4. The van der Waals surface area contributed by atoms with Crippen molar-refractivity contribution in [3.05, 3.63) is 59.7 Å². The molecule has 35 heavy (non-hydrogen) atoms. The van der Waals surface area contributed by atoms with Crippen LogP contribution in [0.25, 0.3) is 12.2 Å². The molecule has 8 heteroatoms. The molecule has 1 aliphatic heterocycles. The van der Waals surface area contributed by atoms with Gasteiger partial charge in [-0.05, 0) is 66.8 Å². The van der Waals surface area contributed by atoms with E-state index < -0.39 is 6.09 Å². The number of carbonyl (C=O) groups is 3. The molecule has 0 saturated carbocycles. The molecule has 0 aromatic heterocycles. The Bertz CT molecular complexity index is 1130. The fourth-order valence-electron chi connectivity index (χ4n) is 3.57. The van der Waals surface area contributed by atoms with Crippen molar-refractivity contribution < 1.29 is 33.7 Å². The summed E-state index contributed by atoms with van der Waals surface area (Å²) in [7, 11) is 2.91. The lowest BCUT2D eigenvalue weighted by atomic mass is 10.1. The van der Waals surface area contributed by atoms with Crippen LogP contribution in [0.3, 0.4) is 0 Å². The van der Waals surface area contributed by atoms with E-state index in [-0.39, 0.29) is 23.7 Å². The highest BCUT2D eigenvalue weighted by Gasteiger charge is 2.20. The number of allylic oxidation sites excluding steroid dienone is 2. The minimum absolute atomic E-state index is 0.00103. The molecule has 1 amide bonds. The highest BCUT2D eigenvalue weighted by atomic mass is 16.6. The number of piperidine rings is 1. The summed E-state index contributed by atoms with van der Waals surface area (Å²) in [5.74, 6) is 0.250. The summed E-state index contributed by atoms with van der Waals surface area (Å²) in [5, 5.41) is 9.62. The lowest BCUT2D eigenvalue weighted by Gasteiger charge is -2.25. The van der Waals surface area contributed by atoms with Gasteiger partial charge < -0.3 is 24.2 Å². The number of amides is 1. The first-order chi connectivity index (χ1) is 16.9. The number of ether oxygens (including phenoxy) is 3.